The van der Waals surface area contributed by atoms with E-state index < -0.39 is 31.7 Å². The zero-order valence-electron chi connectivity index (χ0n) is 15.9. The van der Waals surface area contributed by atoms with Crippen molar-refractivity contribution < 1.29 is 21.6 Å². The molecule has 152 valence electrons. The molecule has 27 heavy (non-hydrogen) atoms. The third-order valence-electron chi connectivity index (χ3n) is 4.56. The highest BCUT2D eigenvalue weighted by Crippen LogP contribution is 2.29. The maximum atomic E-state index is 12.8. The lowest BCUT2D eigenvalue weighted by atomic mass is 10.1. The number of anilines is 2. The van der Waals surface area contributed by atoms with E-state index in [2.05, 4.69) is 10.6 Å². The summed E-state index contributed by atoms with van der Waals surface area (Å²) in [6.45, 7) is 6.68. The topological polar surface area (TPSA) is 113 Å². The fourth-order valence-electron chi connectivity index (χ4n) is 3.08. The molecule has 1 saturated heterocycles. The highest BCUT2D eigenvalue weighted by molar-refractivity contribution is 7.91. The van der Waals surface area contributed by atoms with Crippen molar-refractivity contribution in [3.8, 4) is 0 Å². The van der Waals surface area contributed by atoms with Gasteiger partial charge >= 0.3 is 0 Å². The molecule has 8 nitrogen and oxygen atoms in total. The molecule has 0 radical (unpaired) electrons. The summed E-state index contributed by atoms with van der Waals surface area (Å²) in [5.74, 6) is -1.20. The minimum atomic E-state index is -3.67. The Kier molecular flexibility index (Phi) is 6.87. The van der Waals surface area contributed by atoms with Crippen molar-refractivity contribution in [2.24, 2.45) is 5.92 Å². The van der Waals surface area contributed by atoms with Gasteiger partial charge in [-0.15, -0.1) is 0 Å². The Morgan fingerprint density at radius 3 is 2.37 bits per heavy atom. The average molecular weight is 418 g/mol. The SMILES string of the molecule is CCNc1ccc(S(=O)(=O)N(CC)CC)cc1NC(=O)[C@H]1CCS(=O)(=O)C1. The maximum absolute atomic E-state index is 12.8. The summed E-state index contributed by atoms with van der Waals surface area (Å²) >= 11 is 0. The number of nitrogens with one attached hydrogen (secondary N) is 2. The van der Waals surface area contributed by atoms with Gasteiger partial charge in [-0.25, -0.2) is 16.8 Å². The molecule has 1 fully saturated rings. The minimum absolute atomic E-state index is 0.00152. The predicted octanol–water partition coefficient (Wildman–Crippen LogP) is 1.52. The minimum Gasteiger partial charge on any atom is -0.384 e. The van der Waals surface area contributed by atoms with Crippen LogP contribution < -0.4 is 10.6 Å². The number of nitrogens with zero attached hydrogens (tertiary/aromatic N) is 1. The molecule has 2 N–H and O–H groups in total. The highest BCUT2D eigenvalue weighted by atomic mass is 32.2. The van der Waals surface area contributed by atoms with Gasteiger partial charge in [-0.05, 0) is 31.5 Å². The summed E-state index contributed by atoms with van der Waals surface area (Å²) in [7, 11) is -6.85. The third-order valence-corrected chi connectivity index (χ3v) is 8.38. The molecular formula is C17H27N3O5S2. The number of hydrogen-bond donors (Lipinski definition) is 2. The van der Waals surface area contributed by atoms with E-state index in [1.807, 2.05) is 6.92 Å². The molecule has 1 aliphatic rings. The smallest absolute Gasteiger partial charge is 0.243 e. The molecule has 1 atom stereocenters. The molecule has 1 amide bonds. The van der Waals surface area contributed by atoms with E-state index in [0.29, 0.717) is 31.0 Å². The van der Waals surface area contributed by atoms with Crippen molar-refractivity contribution >= 4 is 37.1 Å². The van der Waals surface area contributed by atoms with Gasteiger partial charge in [0.25, 0.3) is 0 Å². The van der Waals surface area contributed by atoms with Gasteiger partial charge in [-0.1, -0.05) is 13.8 Å². The van der Waals surface area contributed by atoms with Gasteiger partial charge in [-0.3, -0.25) is 4.79 Å². The van der Waals surface area contributed by atoms with Crippen LogP contribution in [-0.4, -0.2) is 58.2 Å². The number of sulfonamides is 1. The number of carbonyl (C=O) groups excluding carboxylic acids is 1. The molecule has 2 rings (SSSR count). The predicted molar refractivity (Wildman–Crippen MR) is 106 cm³/mol. The Morgan fingerprint density at radius 1 is 1.19 bits per heavy atom. The van der Waals surface area contributed by atoms with Crippen LogP contribution in [0.25, 0.3) is 0 Å². The highest BCUT2D eigenvalue weighted by Gasteiger charge is 2.33. The van der Waals surface area contributed by atoms with Crippen LogP contribution >= 0.6 is 0 Å². The van der Waals surface area contributed by atoms with Crippen molar-refractivity contribution in [1.82, 2.24) is 4.31 Å². The van der Waals surface area contributed by atoms with Gasteiger partial charge in [-0.2, -0.15) is 4.31 Å². The first-order chi connectivity index (χ1) is 12.6. The molecule has 0 aromatic heterocycles. The number of benzene rings is 1. The summed E-state index contributed by atoms with van der Waals surface area (Å²) in [6.07, 6.45) is 0.280. The first kappa shape index (κ1) is 21.6. The van der Waals surface area contributed by atoms with E-state index in [-0.39, 0.29) is 22.8 Å². The van der Waals surface area contributed by atoms with Crippen LogP contribution in [-0.2, 0) is 24.7 Å². The molecule has 0 saturated carbocycles. The van der Waals surface area contributed by atoms with Gasteiger partial charge in [0, 0.05) is 19.6 Å². The van der Waals surface area contributed by atoms with Crippen molar-refractivity contribution in [3.63, 3.8) is 0 Å². The second-order valence-electron chi connectivity index (χ2n) is 6.42. The van der Waals surface area contributed by atoms with Crippen molar-refractivity contribution in [2.45, 2.75) is 32.1 Å². The summed E-state index contributed by atoms with van der Waals surface area (Å²) in [6, 6.07) is 4.54. The Labute approximate surface area is 161 Å². The van der Waals surface area contributed by atoms with E-state index in [0.717, 1.165) is 0 Å². The molecular weight excluding hydrogens is 390 g/mol. The fraction of sp³-hybridized carbons (Fsp3) is 0.588. The summed E-state index contributed by atoms with van der Waals surface area (Å²) in [4.78, 5) is 12.6. The van der Waals surface area contributed by atoms with Crippen molar-refractivity contribution in [1.29, 1.82) is 0 Å². The molecule has 0 aliphatic carbocycles. The number of amides is 1. The Balaban J connectivity index is 2.34. The number of rotatable bonds is 8. The molecule has 1 heterocycles. The van der Waals surface area contributed by atoms with E-state index in [1.54, 1.807) is 19.9 Å². The number of carbonyl (C=O) groups is 1. The van der Waals surface area contributed by atoms with Crippen LogP contribution in [0.3, 0.4) is 0 Å². The first-order valence-corrected chi connectivity index (χ1v) is 12.3. The normalized spacial score (nSPS) is 19.2. The fourth-order valence-corrected chi connectivity index (χ4v) is 6.31. The van der Waals surface area contributed by atoms with E-state index in [9.17, 15) is 21.6 Å². The zero-order chi connectivity index (χ0) is 20.2. The van der Waals surface area contributed by atoms with Gasteiger partial charge in [0.1, 0.15) is 0 Å². The average Bonchev–Trinajstić information content (AvgIpc) is 2.97. The summed E-state index contributed by atoms with van der Waals surface area (Å²) in [5, 5.41) is 5.80. The van der Waals surface area contributed by atoms with Crippen molar-refractivity contribution in [2.75, 3.05) is 41.8 Å². The van der Waals surface area contributed by atoms with Crippen LogP contribution in [0.4, 0.5) is 11.4 Å². The van der Waals surface area contributed by atoms with E-state index in [1.165, 1.54) is 16.4 Å². The Hall–Kier alpha value is -1.65. The van der Waals surface area contributed by atoms with Crippen LogP contribution in [0, 0.1) is 5.92 Å². The van der Waals surface area contributed by atoms with Gasteiger partial charge in [0.15, 0.2) is 9.84 Å². The molecule has 1 aromatic rings. The van der Waals surface area contributed by atoms with Crippen LogP contribution in [0.1, 0.15) is 27.2 Å². The van der Waals surface area contributed by atoms with Gasteiger partial charge in [0.2, 0.25) is 15.9 Å². The first-order valence-electron chi connectivity index (χ1n) is 9.04. The van der Waals surface area contributed by atoms with Gasteiger partial charge < -0.3 is 10.6 Å². The molecule has 0 bridgehead atoms. The van der Waals surface area contributed by atoms with Crippen molar-refractivity contribution in [3.05, 3.63) is 18.2 Å². The van der Waals surface area contributed by atoms with Crippen LogP contribution in [0.15, 0.2) is 23.1 Å². The number of sulfone groups is 1. The second kappa shape index (κ2) is 8.57. The zero-order valence-corrected chi connectivity index (χ0v) is 17.5. The second-order valence-corrected chi connectivity index (χ2v) is 10.6. The van der Waals surface area contributed by atoms with E-state index in [4.69, 9.17) is 0 Å². The molecule has 0 unspecified atom stereocenters. The molecule has 0 spiro atoms. The van der Waals surface area contributed by atoms with Crippen LogP contribution in [0.5, 0.6) is 0 Å². The lowest BCUT2D eigenvalue weighted by Crippen LogP contribution is -2.31. The standard InChI is InChI=1S/C17H27N3O5S2/c1-4-18-15-8-7-14(27(24,25)20(5-2)6-3)11-16(15)19-17(21)13-9-10-26(22,23)12-13/h7-8,11,13,18H,4-6,9-10,12H2,1-3H3,(H,19,21)/t13-/m0/s1. The summed E-state index contributed by atoms with van der Waals surface area (Å²) in [5.41, 5.74) is 0.921. The monoisotopic (exact) mass is 417 g/mol. The molecule has 1 aliphatic heterocycles. The molecule has 10 heteroatoms. The van der Waals surface area contributed by atoms with E-state index >= 15 is 0 Å². The lowest BCUT2D eigenvalue weighted by Gasteiger charge is -2.20. The maximum Gasteiger partial charge on any atom is 0.243 e. The Morgan fingerprint density at radius 2 is 1.85 bits per heavy atom. The summed E-state index contributed by atoms with van der Waals surface area (Å²) < 4.78 is 50.1. The number of hydrogen-bond acceptors (Lipinski definition) is 6. The van der Waals surface area contributed by atoms with Gasteiger partial charge in [0.05, 0.1) is 33.7 Å². The molecule has 1 aromatic carbocycles. The largest absolute Gasteiger partial charge is 0.384 e. The van der Waals surface area contributed by atoms with Crippen LogP contribution in [0.2, 0.25) is 0 Å². The lowest BCUT2D eigenvalue weighted by molar-refractivity contribution is -0.119. The quantitative estimate of drug-likeness (QED) is 0.663. The third kappa shape index (κ3) is 4.99. The Bertz CT molecular complexity index is 893.